The number of hydrogen-bond acceptors (Lipinski definition) is 2. The summed E-state index contributed by atoms with van der Waals surface area (Å²) in [6.07, 6.45) is 0.657. The first-order chi connectivity index (χ1) is 10.6. The molecule has 116 valence electrons. The van der Waals surface area contributed by atoms with Crippen LogP contribution in [0, 0.1) is 11.6 Å². The Morgan fingerprint density at radius 3 is 2.00 bits per heavy atom. The van der Waals surface area contributed by atoms with Crippen molar-refractivity contribution >= 4 is 5.91 Å². The number of hydrogen-bond donors (Lipinski definition) is 2. The van der Waals surface area contributed by atoms with Gasteiger partial charge in [-0.15, -0.1) is 0 Å². The third-order valence-corrected chi connectivity index (χ3v) is 3.18. The van der Waals surface area contributed by atoms with Gasteiger partial charge in [-0.1, -0.05) is 24.3 Å². The van der Waals surface area contributed by atoms with Crippen molar-refractivity contribution in [3.05, 3.63) is 71.3 Å². The van der Waals surface area contributed by atoms with Gasteiger partial charge in [-0.3, -0.25) is 4.79 Å². The zero-order valence-corrected chi connectivity index (χ0v) is 12.1. The van der Waals surface area contributed by atoms with Crippen LogP contribution in [0.4, 0.5) is 8.78 Å². The second-order valence-electron chi connectivity index (χ2n) is 4.96. The van der Waals surface area contributed by atoms with E-state index in [0.717, 1.165) is 11.1 Å². The fraction of sp³-hybridized carbons (Fsp3) is 0.235. The Labute approximate surface area is 128 Å². The minimum absolute atomic E-state index is 0.107. The van der Waals surface area contributed by atoms with Gasteiger partial charge in [0.25, 0.3) is 0 Å². The molecule has 2 aromatic rings. The lowest BCUT2D eigenvalue weighted by Gasteiger charge is -2.07. The summed E-state index contributed by atoms with van der Waals surface area (Å²) in [7, 11) is 0. The molecule has 22 heavy (non-hydrogen) atoms. The molecular weight excluding hydrogens is 286 g/mol. The quantitative estimate of drug-likeness (QED) is 0.825. The molecule has 0 aliphatic rings. The molecule has 5 heteroatoms. The summed E-state index contributed by atoms with van der Waals surface area (Å²) in [5.41, 5.74) is 1.89. The number of benzene rings is 2. The average molecular weight is 304 g/mol. The molecule has 0 atom stereocenters. The van der Waals surface area contributed by atoms with E-state index in [1.54, 1.807) is 24.3 Å². The number of rotatable bonds is 7. The highest BCUT2D eigenvalue weighted by Crippen LogP contribution is 2.03. The monoisotopic (exact) mass is 304 g/mol. The summed E-state index contributed by atoms with van der Waals surface area (Å²) >= 11 is 0. The maximum Gasteiger partial charge on any atom is 0.233 e. The molecule has 0 spiro atoms. The highest BCUT2D eigenvalue weighted by molar-refractivity contribution is 5.77. The molecule has 0 radical (unpaired) electrons. The van der Waals surface area contributed by atoms with Crippen LogP contribution >= 0.6 is 0 Å². The van der Waals surface area contributed by atoms with E-state index in [0.29, 0.717) is 19.5 Å². The molecule has 0 aromatic heterocycles. The van der Waals surface area contributed by atoms with Gasteiger partial charge in [0.1, 0.15) is 11.6 Å². The van der Waals surface area contributed by atoms with E-state index in [1.165, 1.54) is 24.3 Å². The van der Waals surface area contributed by atoms with E-state index in [9.17, 15) is 13.6 Å². The standard InChI is InChI=1S/C17H18F2N2O/c18-15-5-1-13(2-6-15)9-10-21-17(22)12-20-11-14-3-7-16(19)8-4-14/h1-8,20H,9-12H2,(H,21,22). The first-order valence-corrected chi connectivity index (χ1v) is 7.10. The van der Waals surface area contributed by atoms with Gasteiger partial charge in [0, 0.05) is 13.1 Å². The van der Waals surface area contributed by atoms with Crippen molar-refractivity contribution in [1.29, 1.82) is 0 Å². The molecule has 2 rings (SSSR count). The van der Waals surface area contributed by atoms with Gasteiger partial charge >= 0.3 is 0 Å². The molecule has 3 nitrogen and oxygen atoms in total. The van der Waals surface area contributed by atoms with Crippen LogP contribution in [0.1, 0.15) is 11.1 Å². The smallest absolute Gasteiger partial charge is 0.233 e. The SMILES string of the molecule is O=C(CNCc1ccc(F)cc1)NCCc1ccc(F)cc1. The van der Waals surface area contributed by atoms with Crippen LogP contribution in [0.15, 0.2) is 48.5 Å². The predicted molar refractivity (Wildman–Crippen MR) is 81.2 cm³/mol. The Morgan fingerprint density at radius 2 is 1.41 bits per heavy atom. The lowest BCUT2D eigenvalue weighted by Crippen LogP contribution is -2.34. The molecular formula is C17H18F2N2O. The normalized spacial score (nSPS) is 10.5. The molecule has 2 aromatic carbocycles. The van der Waals surface area contributed by atoms with Crippen LogP contribution in [0.2, 0.25) is 0 Å². The summed E-state index contributed by atoms with van der Waals surface area (Å²) in [4.78, 5) is 11.6. The molecule has 0 saturated heterocycles. The first kappa shape index (κ1) is 16.1. The Balaban J connectivity index is 1.61. The Kier molecular flexibility index (Phi) is 6.03. The molecule has 0 aliphatic heterocycles. The van der Waals surface area contributed by atoms with Crippen molar-refractivity contribution in [2.45, 2.75) is 13.0 Å². The average Bonchev–Trinajstić information content (AvgIpc) is 2.51. The van der Waals surface area contributed by atoms with Gasteiger partial charge < -0.3 is 10.6 Å². The highest BCUT2D eigenvalue weighted by Gasteiger charge is 2.01. The van der Waals surface area contributed by atoms with Gasteiger partial charge in [0.2, 0.25) is 5.91 Å². The zero-order chi connectivity index (χ0) is 15.8. The van der Waals surface area contributed by atoms with Crippen LogP contribution in [-0.4, -0.2) is 19.0 Å². The van der Waals surface area contributed by atoms with Crippen LogP contribution in [-0.2, 0) is 17.8 Å². The van der Waals surface area contributed by atoms with Gasteiger partial charge in [-0.05, 0) is 41.8 Å². The third-order valence-electron chi connectivity index (χ3n) is 3.18. The number of nitrogens with one attached hydrogen (secondary N) is 2. The van der Waals surface area contributed by atoms with Gasteiger partial charge in [0.05, 0.1) is 6.54 Å². The van der Waals surface area contributed by atoms with E-state index >= 15 is 0 Å². The Bertz CT molecular complexity index is 544. The Hall–Kier alpha value is -2.27. The fourth-order valence-electron chi connectivity index (χ4n) is 1.98. The lowest BCUT2D eigenvalue weighted by atomic mass is 10.1. The van der Waals surface area contributed by atoms with Crippen molar-refractivity contribution < 1.29 is 13.6 Å². The van der Waals surface area contributed by atoms with Crippen LogP contribution in [0.25, 0.3) is 0 Å². The zero-order valence-electron chi connectivity index (χ0n) is 12.1. The molecule has 0 unspecified atom stereocenters. The summed E-state index contributed by atoms with van der Waals surface area (Å²) in [5.74, 6) is -0.649. The third kappa shape index (κ3) is 5.61. The number of carbonyl (C=O) groups is 1. The summed E-state index contributed by atoms with van der Waals surface area (Å²) in [6, 6.07) is 12.3. The summed E-state index contributed by atoms with van der Waals surface area (Å²) in [5, 5.41) is 5.78. The molecule has 0 aliphatic carbocycles. The number of halogens is 2. The predicted octanol–water partition coefficient (Wildman–Crippen LogP) is 2.41. The first-order valence-electron chi connectivity index (χ1n) is 7.10. The second kappa shape index (κ2) is 8.24. The van der Waals surface area contributed by atoms with Crippen molar-refractivity contribution in [1.82, 2.24) is 10.6 Å². The van der Waals surface area contributed by atoms with Crippen molar-refractivity contribution in [2.75, 3.05) is 13.1 Å². The van der Waals surface area contributed by atoms with Crippen molar-refractivity contribution in [3.63, 3.8) is 0 Å². The number of amides is 1. The number of carbonyl (C=O) groups excluding carboxylic acids is 1. The molecule has 2 N–H and O–H groups in total. The molecule has 0 fully saturated rings. The molecule has 0 saturated carbocycles. The minimum Gasteiger partial charge on any atom is -0.355 e. The molecule has 1 amide bonds. The maximum atomic E-state index is 12.7. The maximum absolute atomic E-state index is 12.7. The van der Waals surface area contributed by atoms with E-state index in [4.69, 9.17) is 0 Å². The Morgan fingerprint density at radius 1 is 0.864 bits per heavy atom. The second-order valence-corrected chi connectivity index (χ2v) is 4.96. The summed E-state index contributed by atoms with van der Waals surface area (Å²) in [6.45, 7) is 1.20. The minimum atomic E-state index is -0.276. The summed E-state index contributed by atoms with van der Waals surface area (Å²) < 4.78 is 25.5. The molecule has 0 heterocycles. The van der Waals surface area contributed by atoms with Crippen LogP contribution in [0.3, 0.4) is 0 Å². The van der Waals surface area contributed by atoms with Crippen molar-refractivity contribution in [3.8, 4) is 0 Å². The topological polar surface area (TPSA) is 41.1 Å². The van der Waals surface area contributed by atoms with Gasteiger partial charge in [-0.2, -0.15) is 0 Å². The van der Waals surface area contributed by atoms with E-state index in [-0.39, 0.29) is 24.1 Å². The molecule has 0 bridgehead atoms. The van der Waals surface area contributed by atoms with Crippen molar-refractivity contribution in [2.24, 2.45) is 0 Å². The van der Waals surface area contributed by atoms with Crippen LogP contribution < -0.4 is 10.6 Å². The van der Waals surface area contributed by atoms with Gasteiger partial charge in [0.15, 0.2) is 0 Å². The van der Waals surface area contributed by atoms with E-state index in [2.05, 4.69) is 10.6 Å². The van der Waals surface area contributed by atoms with Crippen LogP contribution in [0.5, 0.6) is 0 Å². The van der Waals surface area contributed by atoms with Gasteiger partial charge in [-0.25, -0.2) is 8.78 Å². The fourth-order valence-corrected chi connectivity index (χ4v) is 1.98. The lowest BCUT2D eigenvalue weighted by molar-refractivity contribution is -0.120. The van der Waals surface area contributed by atoms with E-state index < -0.39 is 0 Å². The van der Waals surface area contributed by atoms with E-state index in [1.807, 2.05) is 0 Å². The largest absolute Gasteiger partial charge is 0.355 e. The highest BCUT2D eigenvalue weighted by atomic mass is 19.1.